The van der Waals surface area contributed by atoms with Crippen molar-refractivity contribution in [1.82, 2.24) is 0 Å². The number of halogens is 1. The van der Waals surface area contributed by atoms with Crippen LogP contribution in [0.25, 0.3) is 0 Å². The fourth-order valence-corrected chi connectivity index (χ4v) is 4.53. The molecular formula is C14H17FO3S2Si. The first-order valence-corrected chi connectivity index (χ1v) is 11.8. The molecule has 0 radical (unpaired) electrons. The molecule has 114 valence electrons. The average molecular weight is 345 g/mol. The van der Waals surface area contributed by atoms with Gasteiger partial charge in [-0.15, -0.1) is 11.3 Å². The van der Waals surface area contributed by atoms with Gasteiger partial charge in [0.1, 0.15) is 11.9 Å². The first-order chi connectivity index (χ1) is 9.76. The summed E-state index contributed by atoms with van der Waals surface area (Å²) < 4.78 is 39.9. The van der Waals surface area contributed by atoms with Crippen LogP contribution in [0.2, 0.25) is 19.6 Å². The van der Waals surface area contributed by atoms with Gasteiger partial charge in [0.25, 0.3) is 0 Å². The second-order valence-corrected chi connectivity index (χ2v) is 12.0. The molecule has 2 unspecified atom stereocenters. The summed E-state index contributed by atoms with van der Waals surface area (Å²) in [5.74, 6) is -0.320. The van der Waals surface area contributed by atoms with E-state index in [0.717, 1.165) is 10.4 Å². The van der Waals surface area contributed by atoms with Crippen LogP contribution in [-0.4, -0.2) is 17.1 Å². The molecule has 0 saturated carbocycles. The van der Waals surface area contributed by atoms with E-state index in [-0.39, 0.29) is 5.82 Å². The van der Waals surface area contributed by atoms with Crippen LogP contribution < -0.4 is 0 Å². The quantitative estimate of drug-likeness (QED) is 0.645. The van der Waals surface area contributed by atoms with E-state index in [9.17, 15) is 8.60 Å². The number of benzene rings is 1. The van der Waals surface area contributed by atoms with Gasteiger partial charge in [-0.2, -0.15) is 0 Å². The largest absolute Gasteiger partial charge is 0.406 e. The third kappa shape index (κ3) is 4.55. The fraction of sp³-hybridized carbons (Fsp3) is 0.286. The molecule has 0 saturated heterocycles. The van der Waals surface area contributed by atoms with Crippen molar-refractivity contribution in [3.05, 3.63) is 52.0 Å². The van der Waals surface area contributed by atoms with Crippen LogP contribution in [0.4, 0.5) is 4.39 Å². The van der Waals surface area contributed by atoms with Gasteiger partial charge in [0.15, 0.2) is 19.4 Å². The Labute approximate surface area is 131 Å². The molecule has 0 bridgehead atoms. The summed E-state index contributed by atoms with van der Waals surface area (Å²) in [6, 6.07) is 7.93. The number of hydrogen-bond donors (Lipinski definition) is 1. The van der Waals surface area contributed by atoms with Crippen LogP contribution >= 0.6 is 11.3 Å². The molecule has 1 heterocycles. The minimum atomic E-state index is -2.02. The van der Waals surface area contributed by atoms with Crippen molar-refractivity contribution in [2.24, 2.45) is 0 Å². The van der Waals surface area contributed by atoms with Gasteiger partial charge in [0.05, 0.1) is 4.90 Å². The third-order valence-electron chi connectivity index (χ3n) is 2.68. The van der Waals surface area contributed by atoms with E-state index < -0.39 is 25.5 Å². The van der Waals surface area contributed by atoms with Gasteiger partial charge in [-0.3, -0.25) is 0 Å². The maximum absolute atomic E-state index is 13.5. The van der Waals surface area contributed by atoms with Gasteiger partial charge in [-0.25, -0.2) is 8.60 Å². The topological polar surface area (TPSA) is 46.5 Å². The zero-order valence-corrected chi connectivity index (χ0v) is 14.6. The summed E-state index contributed by atoms with van der Waals surface area (Å²) in [6.45, 7) is 6.16. The maximum atomic E-state index is 13.5. The molecule has 1 aromatic carbocycles. The van der Waals surface area contributed by atoms with E-state index in [1.165, 1.54) is 23.5 Å². The second-order valence-electron chi connectivity index (χ2n) is 5.60. The predicted octanol–water partition coefficient (Wildman–Crippen LogP) is 4.41. The van der Waals surface area contributed by atoms with E-state index in [4.69, 9.17) is 8.98 Å². The van der Waals surface area contributed by atoms with Gasteiger partial charge in [0, 0.05) is 10.3 Å². The molecule has 2 rings (SSSR count). The molecule has 0 aliphatic heterocycles. The Hall–Kier alpha value is -0.863. The molecule has 0 spiro atoms. The first-order valence-electron chi connectivity index (χ1n) is 6.39. The van der Waals surface area contributed by atoms with Crippen LogP contribution in [0.1, 0.15) is 16.5 Å². The number of hydrogen-bond acceptors (Lipinski definition) is 3. The van der Waals surface area contributed by atoms with Gasteiger partial charge in [0.2, 0.25) is 0 Å². The standard InChI is InChI=1S/C14H17FO3S2Si/c1-21(2,3)18-14(10-5-4-6-11(15)7-10)13-8-12(9-19-13)20(16)17/h4-9,14H,1-3H3,(H,16,17). The molecule has 21 heavy (non-hydrogen) atoms. The smallest absolute Gasteiger partial charge is 0.187 e. The number of rotatable bonds is 5. The zero-order chi connectivity index (χ0) is 15.6. The lowest BCUT2D eigenvalue weighted by molar-refractivity contribution is 0.243. The van der Waals surface area contributed by atoms with Gasteiger partial charge >= 0.3 is 0 Å². The fourth-order valence-electron chi connectivity index (χ4n) is 1.88. The van der Waals surface area contributed by atoms with Crippen molar-refractivity contribution in [3.63, 3.8) is 0 Å². The summed E-state index contributed by atoms with van der Waals surface area (Å²) in [5.41, 5.74) is 0.717. The maximum Gasteiger partial charge on any atom is 0.187 e. The van der Waals surface area contributed by atoms with Crippen LogP contribution in [0, 0.1) is 5.82 Å². The molecule has 2 atom stereocenters. The molecule has 0 aliphatic rings. The molecule has 0 amide bonds. The first kappa shape index (κ1) is 16.5. The zero-order valence-electron chi connectivity index (χ0n) is 12.0. The van der Waals surface area contributed by atoms with E-state index in [0.29, 0.717) is 4.90 Å². The molecule has 7 heteroatoms. The van der Waals surface area contributed by atoms with Gasteiger partial charge in [-0.05, 0) is 43.4 Å². The number of thiophene rings is 1. The summed E-state index contributed by atoms with van der Waals surface area (Å²) in [5, 5.41) is 1.63. The van der Waals surface area contributed by atoms with Crippen LogP contribution in [0.3, 0.4) is 0 Å². The SMILES string of the molecule is C[Si](C)(C)OC(c1cccc(F)c1)c1cc(S(=O)O)cs1. The summed E-state index contributed by atoms with van der Waals surface area (Å²) in [6.07, 6.45) is -0.408. The predicted molar refractivity (Wildman–Crippen MR) is 86.0 cm³/mol. The van der Waals surface area contributed by atoms with Crippen LogP contribution in [0.15, 0.2) is 40.6 Å². The van der Waals surface area contributed by atoms with Crippen molar-refractivity contribution < 1.29 is 17.6 Å². The highest BCUT2D eigenvalue weighted by atomic mass is 32.2. The van der Waals surface area contributed by atoms with E-state index in [1.807, 2.05) is 6.07 Å². The van der Waals surface area contributed by atoms with Crippen molar-refractivity contribution >= 4 is 30.7 Å². The average Bonchev–Trinajstić information content (AvgIpc) is 2.84. The molecule has 3 nitrogen and oxygen atoms in total. The lowest BCUT2D eigenvalue weighted by atomic mass is 10.1. The monoisotopic (exact) mass is 344 g/mol. The Bertz CT molecular complexity index is 652. The third-order valence-corrected chi connectivity index (χ3v) is 5.39. The molecule has 1 N–H and O–H groups in total. The van der Waals surface area contributed by atoms with E-state index >= 15 is 0 Å². The molecular weight excluding hydrogens is 327 g/mol. The molecule has 0 aliphatic carbocycles. The van der Waals surface area contributed by atoms with Crippen molar-refractivity contribution in [2.75, 3.05) is 0 Å². The highest BCUT2D eigenvalue weighted by molar-refractivity contribution is 7.79. The lowest BCUT2D eigenvalue weighted by Crippen LogP contribution is -2.28. The Morgan fingerprint density at radius 3 is 2.57 bits per heavy atom. The Morgan fingerprint density at radius 2 is 2.05 bits per heavy atom. The van der Waals surface area contributed by atoms with Crippen LogP contribution in [-0.2, 0) is 15.5 Å². The highest BCUT2D eigenvalue weighted by Gasteiger charge is 2.25. The van der Waals surface area contributed by atoms with E-state index in [2.05, 4.69) is 19.6 Å². The van der Waals surface area contributed by atoms with Crippen molar-refractivity contribution in [3.8, 4) is 0 Å². The molecule has 0 fully saturated rings. The van der Waals surface area contributed by atoms with Gasteiger partial charge in [-0.1, -0.05) is 12.1 Å². The Balaban J connectivity index is 2.42. The van der Waals surface area contributed by atoms with Crippen LogP contribution in [0.5, 0.6) is 0 Å². The lowest BCUT2D eigenvalue weighted by Gasteiger charge is -2.26. The van der Waals surface area contributed by atoms with Crippen molar-refractivity contribution in [1.29, 1.82) is 0 Å². The van der Waals surface area contributed by atoms with E-state index in [1.54, 1.807) is 17.5 Å². The molecule has 2 aromatic rings. The molecule has 1 aromatic heterocycles. The summed E-state index contributed by atoms with van der Waals surface area (Å²) >= 11 is -0.667. The van der Waals surface area contributed by atoms with Gasteiger partial charge < -0.3 is 8.98 Å². The second kappa shape index (κ2) is 6.49. The summed E-state index contributed by atoms with van der Waals surface area (Å²) in [7, 11) is -1.88. The minimum Gasteiger partial charge on any atom is -0.406 e. The summed E-state index contributed by atoms with van der Waals surface area (Å²) in [4.78, 5) is 1.15. The minimum absolute atomic E-state index is 0.320. The highest BCUT2D eigenvalue weighted by Crippen LogP contribution is 2.34. The van der Waals surface area contributed by atoms with Crippen molar-refractivity contribution in [2.45, 2.75) is 30.6 Å². The Kier molecular flexibility index (Phi) is 5.10. The normalized spacial score (nSPS) is 14.9. The Morgan fingerprint density at radius 1 is 1.33 bits per heavy atom.